The van der Waals surface area contributed by atoms with Gasteiger partial charge in [0.05, 0.1) is 12.3 Å². The van der Waals surface area contributed by atoms with Gasteiger partial charge in [-0.05, 0) is 30.7 Å². The van der Waals surface area contributed by atoms with Crippen LogP contribution in [0, 0.1) is 5.82 Å². The van der Waals surface area contributed by atoms with Gasteiger partial charge < -0.3 is 20.9 Å². The van der Waals surface area contributed by atoms with Gasteiger partial charge >= 0.3 is 12.3 Å². The van der Waals surface area contributed by atoms with Gasteiger partial charge in [0.2, 0.25) is 0 Å². The first kappa shape index (κ1) is 24.3. The summed E-state index contributed by atoms with van der Waals surface area (Å²) < 4.78 is 61.1. The van der Waals surface area contributed by atoms with Crippen LogP contribution in [0.25, 0.3) is 5.70 Å². The van der Waals surface area contributed by atoms with Gasteiger partial charge in [0, 0.05) is 11.6 Å². The smallest absolute Gasteiger partial charge is 0.434 e. The molecule has 1 aromatic carbocycles. The van der Waals surface area contributed by atoms with Crippen LogP contribution in [0.5, 0.6) is 0 Å². The first-order valence-corrected chi connectivity index (χ1v) is 9.29. The van der Waals surface area contributed by atoms with Gasteiger partial charge in [-0.25, -0.2) is 9.18 Å². The van der Waals surface area contributed by atoms with E-state index < -0.39 is 29.6 Å². The fraction of sp³-hybridized carbons (Fsp3) is 0.450. The quantitative estimate of drug-likeness (QED) is 0.175. The Hall–Kier alpha value is -2.71. The van der Waals surface area contributed by atoms with E-state index in [0.29, 0.717) is 12.5 Å². The van der Waals surface area contributed by atoms with Crippen molar-refractivity contribution < 1.29 is 31.8 Å². The zero-order chi connectivity index (χ0) is 21.9. The van der Waals surface area contributed by atoms with E-state index in [9.17, 15) is 22.4 Å². The number of hydrogen-bond acceptors (Lipinski definition) is 5. The van der Waals surface area contributed by atoms with Gasteiger partial charge in [-0.2, -0.15) is 13.2 Å². The number of halogens is 4. The molecule has 29 heavy (non-hydrogen) atoms. The lowest BCUT2D eigenvalue weighted by Crippen LogP contribution is -2.21. The lowest BCUT2D eigenvalue weighted by Gasteiger charge is -2.12. The van der Waals surface area contributed by atoms with E-state index in [1.165, 1.54) is 12.1 Å². The molecule has 0 aliphatic carbocycles. The summed E-state index contributed by atoms with van der Waals surface area (Å²) in [6, 6.07) is 4.58. The molecule has 0 bridgehead atoms. The zero-order valence-electron chi connectivity index (χ0n) is 16.2. The van der Waals surface area contributed by atoms with Gasteiger partial charge in [0.1, 0.15) is 11.5 Å². The monoisotopic (exact) mass is 418 g/mol. The number of rotatable bonds is 10. The third-order valence-corrected chi connectivity index (χ3v) is 3.95. The SMILES string of the molecule is CCCCCCCCOC(=O)OC(/C=C(\N)C(F)(F)F)=C(/N)c1ccc(F)cc1. The molecule has 0 atom stereocenters. The Morgan fingerprint density at radius 3 is 2.21 bits per heavy atom. The lowest BCUT2D eigenvalue weighted by atomic mass is 10.1. The molecule has 162 valence electrons. The van der Waals surface area contributed by atoms with Crippen LogP contribution in [0.15, 0.2) is 41.8 Å². The molecular weight excluding hydrogens is 392 g/mol. The van der Waals surface area contributed by atoms with E-state index in [4.69, 9.17) is 20.9 Å². The Kier molecular flexibility index (Phi) is 10.1. The number of hydrogen-bond donors (Lipinski definition) is 2. The highest BCUT2D eigenvalue weighted by molar-refractivity contribution is 5.71. The van der Waals surface area contributed by atoms with Crippen LogP contribution in [-0.2, 0) is 9.47 Å². The van der Waals surface area contributed by atoms with Gasteiger partial charge in [-0.3, -0.25) is 0 Å². The van der Waals surface area contributed by atoms with Gasteiger partial charge in [-0.15, -0.1) is 0 Å². The molecule has 0 aliphatic rings. The van der Waals surface area contributed by atoms with Crippen LogP contribution >= 0.6 is 0 Å². The molecule has 0 spiro atoms. The maximum absolute atomic E-state index is 13.1. The van der Waals surface area contributed by atoms with Gasteiger partial charge in [-0.1, -0.05) is 39.0 Å². The summed E-state index contributed by atoms with van der Waals surface area (Å²) in [6.07, 6.45) is 0.133. The predicted octanol–water partition coefficient (Wildman–Crippen LogP) is 5.37. The average Bonchev–Trinajstić information content (AvgIpc) is 2.66. The fourth-order valence-corrected chi connectivity index (χ4v) is 2.31. The predicted molar refractivity (Wildman–Crippen MR) is 102 cm³/mol. The number of alkyl halides is 3. The van der Waals surface area contributed by atoms with Crippen molar-refractivity contribution in [1.29, 1.82) is 0 Å². The summed E-state index contributed by atoms with van der Waals surface area (Å²) in [7, 11) is 0. The Morgan fingerprint density at radius 2 is 1.62 bits per heavy atom. The van der Waals surface area contributed by atoms with Crippen molar-refractivity contribution in [2.45, 2.75) is 51.6 Å². The maximum Gasteiger partial charge on any atom is 0.513 e. The minimum Gasteiger partial charge on any atom is -0.434 e. The molecule has 0 saturated carbocycles. The summed E-state index contributed by atoms with van der Waals surface area (Å²) in [5.74, 6) is -1.20. The van der Waals surface area contributed by atoms with Crippen molar-refractivity contribution in [2.24, 2.45) is 11.5 Å². The van der Waals surface area contributed by atoms with E-state index in [1.807, 2.05) is 0 Å². The number of allylic oxidation sites excluding steroid dienone is 2. The molecule has 1 rings (SSSR count). The number of unbranched alkanes of at least 4 members (excludes halogenated alkanes) is 5. The molecule has 4 N–H and O–H groups in total. The summed E-state index contributed by atoms with van der Waals surface area (Å²) in [4.78, 5) is 11.9. The van der Waals surface area contributed by atoms with E-state index in [1.54, 1.807) is 0 Å². The van der Waals surface area contributed by atoms with Crippen LogP contribution in [0.4, 0.5) is 22.4 Å². The first-order valence-electron chi connectivity index (χ1n) is 9.29. The minimum absolute atomic E-state index is 0.0627. The summed E-state index contributed by atoms with van der Waals surface area (Å²) >= 11 is 0. The molecule has 0 saturated heterocycles. The van der Waals surface area contributed by atoms with Crippen LogP contribution in [-0.4, -0.2) is 18.9 Å². The Bertz CT molecular complexity index is 713. The number of nitrogens with two attached hydrogens (primary N) is 2. The topological polar surface area (TPSA) is 87.6 Å². The fourth-order valence-electron chi connectivity index (χ4n) is 2.31. The largest absolute Gasteiger partial charge is 0.513 e. The molecular formula is C20H26F4N2O3. The Morgan fingerprint density at radius 1 is 1.03 bits per heavy atom. The van der Waals surface area contributed by atoms with Crippen LogP contribution < -0.4 is 11.5 Å². The zero-order valence-corrected chi connectivity index (χ0v) is 16.2. The third kappa shape index (κ3) is 9.36. The molecule has 1 aromatic rings. The number of benzene rings is 1. The van der Waals surface area contributed by atoms with Crippen LogP contribution in [0.3, 0.4) is 0 Å². The second-order valence-corrected chi connectivity index (χ2v) is 6.35. The van der Waals surface area contributed by atoms with E-state index in [2.05, 4.69) is 6.92 Å². The summed E-state index contributed by atoms with van der Waals surface area (Å²) in [5.41, 5.74) is 9.12. The highest BCUT2D eigenvalue weighted by Gasteiger charge is 2.32. The van der Waals surface area contributed by atoms with Crippen molar-refractivity contribution in [1.82, 2.24) is 0 Å². The average molecular weight is 418 g/mol. The number of carbonyl (C=O) groups is 1. The molecule has 0 heterocycles. The van der Waals surface area contributed by atoms with Gasteiger partial charge in [0.25, 0.3) is 0 Å². The molecule has 0 amide bonds. The van der Waals surface area contributed by atoms with Crippen molar-refractivity contribution in [3.05, 3.63) is 53.2 Å². The molecule has 0 unspecified atom stereocenters. The second kappa shape index (κ2) is 12.0. The molecule has 0 fully saturated rings. The third-order valence-electron chi connectivity index (χ3n) is 3.95. The van der Waals surface area contributed by atoms with E-state index in [0.717, 1.165) is 44.2 Å². The van der Waals surface area contributed by atoms with Gasteiger partial charge in [0.15, 0.2) is 5.76 Å². The van der Waals surface area contributed by atoms with Crippen molar-refractivity contribution >= 4 is 11.9 Å². The molecule has 0 radical (unpaired) electrons. The molecule has 0 aliphatic heterocycles. The van der Waals surface area contributed by atoms with E-state index >= 15 is 0 Å². The first-order chi connectivity index (χ1) is 13.6. The summed E-state index contributed by atoms with van der Waals surface area (Å²) in [5, 5.41) is 0. The minimum atomic E-state index is -4.85. The molecule has 0 aromatic heterocycles. The highest BCUT2D eigenvalue weighted by atomic mass is 19.4. The normalized spacial score (nSPS) is 13.1. The number of ether oxygens (including phenoxy) is 2. The van der Waals surface area contributed by atoms with Crippen LogP contribution in [0.1, 0.15) is 51.0 Å². The highest BCUT2D eigenvalue weighted by Crippen LogP contribution is 2.25. The van der Waals surface area contributed by atoms with Crippen molar-refractivity contribution in [3.8, 4) is 0 Å². The molecule has 9 heteroatoms. The second-order valence-electron chi connectivity index (χ2n) is 6.35. The Labute approximate surface area is 167 Å². The van der Waals surface area contributed by atoms with E-state index in [-0.39, 0.29) is 17.9 Å². The molecule has 5 nitrogen and oxygen atoms in total. The standard InChI is InChI=1S/C20H26F4N2O3/c1-2-3-4-5-6-7-12-28-19(27)29-16(13-17(25)20(22,23)24)18(26)14-8-10-15(21)11-9-14/h8-11,13H,2-7,12,25-26H2,1H3/b17-13-,18-16+. The summed E-state index contributed by atoms with van der Waals surface area (Å²) in [6.45, 7) is 2.16. The van der Waals surface area contributed by atoms with Crippen molar-refractivity contribution in [2.75, 3.05) is 6.61 Å². The van der Waals surface area contributed by atoms with Crippen molar-refractivity contribution in [3.63, 3.8) is 0 Å². The number of carbonyl (C=O) groups excluding carboxylic acids is 1. The van der Waals surface area contributed by atoms with Crippen LogP contribution in [0.2, 0.25) is 0 Å². The lowest BCUT2D eigenvalue weighted by molar-refractivity contribution is -0.0929. The maximum atomic E-state index is 13.1. The Balaban J connectivity index is 2.83.